The minimum atomic E-state index is -3.41. The Kier molecular flexibility index (Phi) is 4.94. The highest BCUT2D eigenvalue weighted by Gasteiger charge is 2.29. The molecule has 1 fully saturated rings. The lowest BCUT2D eigenvalue weighted by molar-refractivity contribution is -0.137. The highest BCUT2D eigenvalue weighted by atomic mass is 32.2. The summed E-state index contributed by atoms with van der Waals surface area (Å²) in [5.41, 5.74) is 0.497. The van der Waals surface area contributed by atoms with Crippen LogP contribution in [0.3, 0.4) is 0 Å². The van der Waals surface area contributed by atoms with Crippen LogP contribution in [0.5, 0.6) is 0 Å². The summed E-state index contributed by atoms with van der Waals surface area (Å²) < 4.78 is 26.8. The van der Waals surface area contributed by atoms with Gasteiger partial charge in [0.1, 0.15) is 5.84 Å². The quantitative estimate of drug-likeness (QED) is 0.779. The zero-order valence-corrected chi connectivity index (χ0v) is 14.6. The molecule has 8 nitrogen and oxygen atoms in total. The van der Waals surface area contributed by atoms with Crippen molar-refractivity contribution < 1.29 is 23.1 Å². The molecule has 3 heterocycles. The average Bonchev–Trinajstić information content (AvgIpc) is 2.58. The fourth-order valence-electron chi connectivity index (χ4n) is 3.32. The maximum atomic E-state index is 12.7. The lowest BCUT2D eigenvalue weighted by Crippen LogP contribution is -2.42. The number of carbonyl (C=O) groups excluding carboxylic acids is 1. The van der Waals surface area contributed by atoms with E-state index in [1.165, 1.54) is 0 Å². The molecule has 1 N–H and O–H groups in total. The molecule has 1 saturated heterocycles. The second-order valence-electron chi connectivity index (χ2n) is 6.54. The van der Waals surface area contributed by atoms with Crippen LogP contribution >= 0.6 is 0 Å². The molecule has 1 unspecified atom stereocenters. The molecule has 0 aromatic carbocycles. The normalized spacial score (nSPS) is 25.0. The summed E-state index contributed by atoms with van der Waals surface area (Å²) in [4.78, 5) is 26.9. The van der Waals surface area contributed by atoms with Crippen LogP contribution in [0.1, 0.15) is 25.7 Å². The molecule has 0 aliphatic carbocycles. The highest BCUT2D eigenvalue weighted by Crippen LogP contribution is 2.24. The van der Waals surface area contributed by atoms with Crippen LogP contribution in [0.25, 0.3) is 0 Å². The number of sulfonamides is 1. The van der Waals surface area contributed by atoms with Gasteiger partial charge in [0.15, 0.2) is 0 Å². The van der Waals surface area contributed by atoms with E-state index in [0.717, 1.165) is 12.8 Å². The predicted octanol–water partition coefficient (Wildman–Crippen LogP) is 0.587. The third kappa shape index (κ3) is 4.28. The molecule has 3 rings (SSSR count). The monoisotopic (exact) mass is 367 g/mol. The number of hydrogen-bond acceptors (Lipinski definition) is 5. The van der Waals surface area contributed by atoms with E-state index in [1.807, 2.05) is 0 Å². The standard InChI is InChI=1S/C16H21N3O5S/c20-15(21)6-3-12-2-1-7-19(10-12)16(22)13-4-5-14-17-25(23,24)9-8-18(14)11-13/h4-5,11-12H,1-3,6-10H2,(H,20,21). The molecule has 0 bridgehead atoms. The fraction of sp³-hybridized carbons (Fsp3) is 0.562. The van der Waals surface area contributed by atoms with Gasteiger partial charge in [0.2, 0.25) is 0 Å². The van der Waals surface area contributed by atoms with Crippen molar-refractivity contribution in [1.29, 1.82) is 0 Å². The molecular weight excluding hydrogens is 346 g/mol. The van der Waals surface area contributed by atoms with Crippen molar-refractivity contribution in [2.24, 2.45) is 10.3 Å². The number of amides is 1. The van der Waals surface area contributed by atoms with Gasteiger partial charge < -0.3 is 14.9 Å². The maximum Gasteiger partial charge on any atom is 0.303 e. The van der Waals surface area contributed by atoms with Crippen LogP contribution < -0.4 is 0 Å². The lowest BCUT2D eigenvalue weighted by Gasteiger charge is -2.34. The first-order chi connectivity index (χ1) is 11.8. The van der Waals surface area contributed by atoms with Crippen molar-refractivity contribution in [3.63, 3.8) is 0 Å². The minimum absolute atomic E-state index is 0.0662. The average molecular weight is 367 g/mol. The van der Waals surface area contributed by atoms with Gasteiger partial charge in [-0.25, -0.2) is 8.42 Å². The molecule has 136 valence electrons. The summed E-state index contributed by atoms with van der Waals surface area (Å²) >= 11 is 0. The topological polar surface area (TPSA) is 107 Å². The summed E-state index contributed by atoms with van der Waals surface area (Å²) in [6.07, 6.45) is 7.30. The summed E-state index contributed by atoms with van der Waals surface area (Å²) in [6.45, 7) is 1.50. The van der Waals surface area contributed by atoms with Crippen LogP contribution in [-0.2, 0) is 19.6 Å². The van der Waals surface area contributed by atoms with Gasteiger partial charge in [-0.15, -0.1) is 4.40 Å². The Hall–Kier alpha value is -2.16. The summed E-state index contributed by atoms with van der Waals surface area (Å²) in [6, 6.07) is 0. The van der Waals surface area contributed by atoms with Gasteiger partial charge in [-0.05, 0) is 37.3 Å². The Labute approximate surface area is 146 Å². The Morgan fingerprint density at radius 1 is 1.28 bits per heavy atom. The molecule has 0 saturated carbocycles. The van der Waals surface area contributed by atoms with Crippen molar-refractivity contribution in [3.8, 4) is 0 Å². The van der Waals surface area contributed by atoms with Gasteiger partial charge in [-0.2, -0.15) is 0 Å². The van der Waals surface area contributed by atoms with Gasteiger partial charge >= 0.3 is 5.97 Å². The number of nitrogens with zero attached hydrogens (tertiary/aromatic N) is 3. The van der Waals surface area contributed by atoms with Gasteiger partial charge in [-0.3, -0.25) is 9.59 Å². The third-order valence-corrected chi connectivity index (χ3v) is 5.81. The van der Waals surface area contributed by atoms with E-state index >= 15 is 0 Å². The van der Waals surface area contributed by atoms with E-state index in [-0.39, 0.29) is 30.5 Å². The molecule has 0 aromatic rings. The predicted molar refractivity (Wildman–Crippen MR) is 91.3 cm³/mol. The maximum absolute atomic E-state index is 12.7. The van der Waals surface area contributed by atoms with E-state index in [9.17, 15) is 18.0 Å². The van der Waals surface area contributed by atoms with Crippen LogP contribution in [0.4, 0.5) is 0 Å². The third-order valence-electron chi connectivity index (χ3n) is 4.64. The van der Waals surface area contributed by atoms with Crippen molar-refractivity contribution in [2.45, 2.75) is 25.7 Å². The second kappa shape index (κ2) is 6.99. The molecule has 3 aliphatic heterocycles. The molecule has 1 atom stereocenters. The lowest BCUT2D eigenvalue weighted by atomic mass is 9.93. The largest absolute Gasteiger partial charge is 0.481 e. The number of rotatable bonds is 4. The number of piperidine rings is 1. The van der Waals surface area contributed by atoms with Crippen molar-refractivity contribution in [1.82, 2.24) is 9.80 Å². The number of carboxylic acids is 1. The first-order valence-electron chi connectivity index (χ1n) is 8.34. The number of carboxylic acid groups (broad SMARTS) is 1. The Bertz CT molecular complexity index is 769. The van der Waals surface area contributed by atoms with Crippen molar-refractivity contribution >= 4 is 27.7 Å². The highest BCUT2D eigenvalue weighted by molar-refractivity contribution is 7.90. The SMILES string of the molecule is O=C(O)CCC1CCCN(C(=O)C2=CN3CCS(=O)(=O)N=C3C=C2)C1. The van der Waals surface area contributed by atoms with Crippen LogP contribution in [0.2, 0.25) is 0 Å². The summed E-state index contributed by atoms with van der Waals surface area (Å²) in [7, 11) is -3.41. The molecular formula is C16H21N3O5S. The molecule has 0 radical (unpaired) electrons. The zero-order valence-electron chi connectivity index (χ0n) is 13.8. The number of aliphatic carboxylic acids is 1. The van der Waals surface area contributed by atoms with Crippen molar-refractivity contribution in [3.05, 3.63) is 23.9 Å². The van der Waals surface area contributed by atoms with Gasteiger partial charge in [0.05, 0.1) is 11.3 Å². The smallest absolute Gasteiger partial charge is 0.303 e. The Balaban J connectivity index is 1.66. The van der Waals surface area contributed by atoms with Gasteiger partial charge in [0.25, 0.3) is 15.9 Å². The number of likely N-dealkylation sites (tertiary alicyclic amines) is 1. The first kappa shape index (κ1) is 17.7. The molecule has 0 aromatic heterocycles. The van der Waals surface area contributed by atoms with E-state index in [1.54, 1.807) is 28.2 Å². The minimum Gasteiger partial charge on any atom is -0.481 e. The zero-order chi connectivity index (χ0) is 18.0. The van der Waals surface area contributed by atoms with Crippen LogP contribution in [0, 0.1) is 5.92 Å². The van der Waals surface area contributed by atoms with E-state index in [0.29, 0.717) is 30.9 Å². The molecule has 25 heavy (non-hydrogen) atoms. The number of hydrogen-bond donors (Lipinski definition) is 1. The molecule has 3 aliphatic rings. The molecule has 0 spiro atoms. The van der Waals surface area contributed by atoms with Crippen LogP contribution in [0.15, 0.2) is 28.3 Å². The van der Waals surface area contributed by atoms with Crippen molar-refractivity contribution in [2.75, 3.05) is 25.4 Å². The van der Waals surface area contributed by atoms with E-state index in [4.69, 9.17) is 5.11 Å². The summed E-state index contributed by atoms with van der Waals surface area (Å²) in [5.74, 6) is -0.444. The fourth-order valence-corrected chi connectivity index (χ4v) is 4.29. The van der Waals surface area contributed by atoms with Crippen LogP contribution in [-0.4, -0.2) is 66.4 Å². The first-order valence-corrected chi connectivity index (χ1v) is 9.95. The number of carbonyl (C=O) groups is 2. The Morgan fingerprint density at radius 2 is 2.08 bits per heavy atom. The number of fused-ring (bicyclic) bond motifs is 1. The van der Waals surface area contributed by atoms with Gasteiger partial charge in [0, 0.05) is 32.3 Å². The number of amidine groups is 1. The molecule has 9 heteroatoms. The van der Waals surface area contributed by atoms with Gasteiger partial charge in [-0.1, -0.05) is 0 Å². The second-order valence-corrected chi connectivity index (χ2v) is 8.29. The van der Waals surface area contributed by atoms with E-state index < -0.39 is 16.0 Å². The molecule has 1 amide bonds. The van der Waals surface area contributed by atoms with E-state index in [2.05, 4.69) is 4.40 Å². The summed E-state index contributed by atoms with van der Waals surface area (Å²) in [5, 5.41) is 8.81. The Morgan fingerprint density at radius 3 is 2.84 bits per heavy atom.